The van der Waals surface area contributed by atoms with E-state index < -0.39 is 17.8 Å². The molecule has 0 bridgehead atoms. The lowest BCUT2D eigenvalue weighted by Crippen LogP contribution is -2.52. The van der Waals surface area contributed by atoms with Gasteiger partial charge >= 0.3 is 0 Å². The number of likely N-dealkylation sites (tertiary alicyclic amines) is 1. The van der Waals surface area contributed by atoms with Gasteiger partial charge in [0.15, 0.2) is 0 Å². The van der Waals surface area contributed by atoms with Gasteiger partial charge in [0.1, 0.15) is 11.9 Å². The van der Waals surface area contributed by atoms with Crippen molar-refractivity contribution in [2.45, 2.75) is 50.7 Å². The van der Waals surface area contributed by atoms with Gasteiger partial charge in [0, 0.05) is 30.1 Å². The van der Waals surface area contributed by atoms with E-state index in [2.05, 4.69) is 10.2 Å². The zero-order chi connectivity index (χ0) is 23.1. The van der Waals surface area contributed by atoms with Crippen LogP contribution in [0, 0.1) is 5.82 Å². The number of hydrogen-bond acceptors (Lipinski definition) is 4. The molecular weight excluding hydrogens is 445 g/mol. The first kappa shape index (κ1) is 22.0. The Hall–Kier alpha value is -2.77. The van der Waals surface area contributed by atoms with E-state index >= 15 is 0 Å². The fraction of sp³-hybridized carbons (Fsp3) is 0.400. The standard InChI is InChI=1S/C25H25ClFN3O3/c26-21-4-2-1-3-16(21)13-29-9-7-15(8-10-29)18-11-17(27)12-19-20(18)14-30(25(19)33)22-5-6-23(31)28-24(22)32/h1-4,11-12,15,22H,5-10,13-14H2,(H,28,31,32). The molecule has 2 aromatic rings. The maximum atomic E-state index is 14.5. The van der Waals surface area contributed by atoms with Crippen LogP contribution in [-0.2, 0) is 22.7 Å². The van der Waals surface area contributed by atoms with Crippen molar-refractivity contribution in [2.75, 3.05) is 13.1 Å². The Bertz CT molecular complexity index is 1130. The number of carbonyl (C=O) groups excluding carboxylic acids is 3. The molecule has 2 fully saturated rings. The second kappa shape index (κ2) is 8.88. The number of nitrogens with zero attached hydrogens (tertiary/aromatic N) is 2. The summed E-state index contributed by atoms with van der Waals surface area (Å²) < 4.78 is 14.5. The third-order valence-electron chi connectivity index (χ3n) is 7.03. The molecule has 3 aliphatic rings. The van der Waals surface area contributed by atoms with Crippen LogP contribution < -0.4 is 5.32 Å². The molecule has 0 aromatic heterocycles. The number of rotatable bonds is 4. The lowest BCUT2D eigenvalue weighted by atomic mass is 9.85. The smallest absolute Gasteiger partial charge is 0.255 e. The third-order valence-corrected chi connectivity index (χ3v) is 7.40. The maximum Gasteiger partial charge on any atom is 0.255 e. The average molecular weight is 470 g/mol. The summed E-state index contributed by atoms with van der Waals surface area (Å²) in [6, 6.07) is 9.95. The van der Waals surface area contributed by atoms with E-state index in [4.69, 9.17) is 11.6 Å². The van der Waals surface area contributed by atoms with Gasteiger partial charge in [-0.2, -0.15) is 0 Å². The molecule has 1 N–H and O–H groups in total. The molecule has 3 aliphatic heterocycles. The van der Waals surface area contributed by atoms with Gasteiger partial charge in [-0.15, -0.1) is 0 Å². The number of nitrogens with one attached hydrogen (secondary N) is 1. The highest BCUT2D eigenvalue weighted by atomic mass is 35.5. The highest BCUT2D eigenvalue weighted by Gasteiger charge is 2.41. The average Bonchev–Trinajstić information content (AvgIpc) is 3.11. The van der Waals surface area contributed by atoms with Crippen molar-refractivity contribution in [1.82, 2.24) is 15.1 Å². The molecule has 0 aliphatic carbocycles. The Kier molecular flexibility index (Phi) is 5.93. The minimum atomic E-state index is -0.698. The number of fused-ring (bicyclic) bond motifs is 1. The molecule has 0 spiro atoms. The van der Waals surface area contributed by atoms with Gasteiger partial charge in [-0.25, -0.2) is 4.39 Å². The van der Waals surface area contributed by atoms with Gasteiger partial charge < -0.3 is 4.90 Å². The molecule has 172 valence electrons. The number of hydrogen-bond donors (Lipinski definition) is 1. The molecule has 6 nitrogen and oxygen atoms in total. The van der Waals surface area contributed by atoms with Crippen molar-refractivity contribution in [1.29, 1.82) is 0 Å². The van der Waals surface area contributed by atoms with Gasteiger partial charge in [-0.3, -0.25) is 24.6 Å². The van der Waals surface area contributed by atoms with Crippen LogP contribution in [-0.4, -0.2) is 46.7 Å². The minimum Gasteiger partial charge on any atom is -0.322 e. The maximum absolute atomic E-state index is 14.5. The normalized spacial score (nSPS) is 21.9. The van der Waals surface area contributed by atoms with Gasteiger partial charge in [0.25, 0.3) is 5.91 Å². The van der Waals surface area contributed by atoms with Crippen LogP contribution in [0.2, 0.25) is 5.02 Å². The Morgan fingerprint density at radius 3 is 2.55 bits per heavy atom. The minimum absolute atomic E-state index is 0.145. The summed E-state index contributed by atoms with van der Waals surface area (Å²) in [7, 11) is 0. The molecular formula is C25H25ClFN3O3. The van der Waals surface area contributed by atoms with Crippen LogP contribution in [0.1, 0.15) is 58.6 Å². The number of piperidine rings is 2. The van der Waals surface area contributed by atoms with Gasteiger partial charge in [0.05, 0.1) is 0 Å². The summed E-state index contributed by atoms with van der Waals surface area (Å²) in [5.74, 6) is -1.40. The van der Waals surface area contributed by atoms with E-state index in [1.165, 1.54) is 11.0 Å². The van der Waals surface area contributed by atoms with Crippen molar-refractivity contribution >= 4 is 29.3 Å². The molecule has 0 saturated carbocycles. The lowest BCUT2D eigenvalue weighted by molar-refractivity contribution is -0.136. The zero-order valence-corrected chi connectivity index (χ0v) is 18.9. The van der Waals surface area contributed by atoms with E-state index in [1.54, 1.807) is 6.07 Å². The highest BCUT2D eigenvalue weighted by Crippen LogP contribution is 2.38. The van der Waals surface area contributed by atoms with E-state index in [0.29, 0.717) is 12.0 Å². The Labute approximate surface area is 196 Å². The van der Waals surface area contributed by atoms with Crippen molar-refractivity contribution in [3.05, 3.63) is 69.5 Å². The van der Waals surface area contributed by atoms with Crippen LogP contribution >= 0.6 is 11.6 Å². The molecule has 2 saturated heterocycles. The van der Waals surface area contributed by atoms with Crippen LogP contribution in [0.4, 0.5) is 4.39 Å². The molecule has 8 heteroatoms. The highest BCUT2D eigenvalue weighted by molar-refractivity contribution is 6.31. The predicted octanol–water partition coefficient (Wildman–Crippen LogP) is 3.62. The van der Waals surface area contributed by atoms with E-state index in [-0.39, 0.29) is 30.7 Å². The fourth-order valence-electron chi connectivity index (χ4n) is 5.29. The first-order valence-corrected chi connectivity index (χ1v) is 11.7. The van der Waals surface area contributed by atoms with Gasteiger partial charge in [0.2, 0.25) is 11.8 Å². The molecule has 33 heavy (non-hydrogen) atoms. The molecule has 1 unspecified atom stereocenters. The Balaban J connectivity index is 1.32. The SMILES string of the molecule is O=C1CCC(N2Cc3c(cc(F)cc3C3CCN(Cc4ccccc4Cl)CC3)C2=O)C(=O)N1. The summed E-state index contributed by atoms with van der Waals surface area (Å²) >= 11 is 6.31. The quantitative estimate of drug-likeness (QED) is 0.694. The van der Waals surface area contributed by atoms with E-state index in [0.717, 1.165) is 54.2 Å². The molecule has 3 heterocycles. The van der Waals surface area contributed by atoms with Crippen LogP contribution in [0.15, 0.2) is 36.4 Å². The topological polar surface area (TPSA) is 69.7 Å². The van der Waals surface area contributed by atoms with Gasteiger partial charge in [-0.1, -0.05) is 29.8 Å². The summed E-state index contributed by atoms with van der Waals surface area (Å²) in [6.45, 7) is 2.75. The third kappa shape index (κ3) is 4.27. The fourth-order valence-corrected chi connectivity index (χ4v) is 5.48. The Morgan fingerprint density at radius 2 is 1.82 bits per heavy atom. The lowest BCUT2D eigenvalue weighted by Gasteiger charge is -2.33. The molecule has 1 atom stereocenters. The molecule has 5 rings (SSSR count). The number of carbonyl (C=O) groups is 3. The van der Waals surface area contributed by atoms with Crippen LogP contribution in [0.25, 0.3) is 0 Å². The summed E-state index contributed by atoms with van der Waals surface area (Å²) in [4.78, 5) is 40.7. The number of benzene rings is 2. The zero-order valence-electron chi connectivity index (χ0n) is 18.2. The second-order valence-corrected chi connectivity index (χ2v) is 9.47. The van der Waals surface area contributed by atoms with Crippen LogP contribution in [0.5, 0.6) is 0 Å². The summed E-state index contributed by atoms with van der Waals surface area (Å²) in [5, 5.41) is 3.07. The largest absolute Gasteiger partial charge is 0.322 e. The van der Waals surface area contributed by atoms with Crippen molar-refractivity contribution in [3.8, 4) is 0 Å². The van der Waals surface area contributed by atoms with Gasteiger partial charge in [-0.05, 0) is 73.2 Å². The number of amides is 3. The summed E-state index contributed by atoms with van der Waals surface area (Å²) in [5.41, 5.74) is 3.11. The molecule has 3 amide bonds. The number of halogens is 2. The van der Waals surface area contributed by atoms with Crippen LogP contribution in [0.3, 0.4) is 0 Å². The first-order valence-electron chi connectivity index (χ1n) is 11.3. The second-order valence-electron chi connectivity index (χ2n) is 9.06. The van der Waals surface area contributed by atoms with Crippen molar-refractivity contribution in [3.63, 3.8) is 0 Å². The van der Waals surface area contributed by atoms with E-state index in [9.17, 15) is 18.8 Å². The summed E-state index contributed by atoms with van der Waals surface area (Å²) in [6.07, 6.45) is 2.20. The van der Waals surface area contributed by atoms with Crippen molar-refractivity contribution < 1.29 is 18.8 Å². The molecule has 2 aromatic carbocycles. The number of imide groups is 1. The molecule has 0 radical (unpaired) electrons. The first-order chi connectivity index (χ1) is 15.9. The Morgan fingerprint density at radius 1 is 1.06 bits per heavy atom. The van der Waals surface area contributed by atoms with E-state index in [1.807, 2.05) is 24.3 Å². The predicted molar refractivity (Wildman–Crippen MR) is 121 cm³/mol. The van der Waals surface area contributed by atoms with Crippen molar-refractivity contribution in [2.24, 2.45) is 0 Å². The monoisotopic (exact) mass is 469 g/mol.